The standard InChI is InChI=1S/C15H21FN2O/c1-10(19)17-11-6-7-12(16)13(9-11)18-14-5-4-8-15(14,2)3/h6-7,9,14,18H,4-5,8H2,1-3H3,(H,17,19). The van der Waals surface area contributed by atoms with E-state index in [1.807, 2.05) is 0 Å². The molecule has 1 aromatic carbocycles. The molecule has 1 unspecified atom stereocenters. The Hall–Kier alpha value is -1.58. The van der Waals surface area contributed by atoms with Crippen molar-refractivity contribution in [2.45, 2.75) is 46.1 Å². The van der Waals surface area contributed by atoms with Gasteiger partial charge in [-0.15, -0.1) is 0 Å². The molecule has 0 spiro atoms. The van der Waals surface area contributed by atoms with Crippen LogP contribution in [-0.2, 0) is 4.79 Å². The smallest absolute Gasteiger partial charge is 0.221 e. The van der Waals surface area contributed by atoms with Gasteiger partial charge in [-0.3, -0.25) is 4.79 Å². The number of carbonyl (C=O) groups excluding carboxylic acids is 1. The number of anilines is 2. The first kappa shape index (κ1) is 13.8. The SMILES string of the molecule is CC(=O)Nc1ccc(F)c(NC2CCCC2(C)C)c1. The summed E-state index contributed by atoms with van der Waals surface area (Å²) in [5.74, 6) is -0.435. The lowest BCUT2D eigenvalue weighted by atomic mass is 9.87. The average molecular weight is 264 g/mol. The van der Waals surface area contributed by atoms with Crippen LogP contribution in [0.4, 0.5) is 15.8 Å². The summed E-state index contributed by atoms with van der Waals surface area (Å²) in [7, 11) is 0. The molecule has 19 heavy (non-hydrogen) atoms. The molecule has 0 saturated heterocycles. The fraction of sp³-hybridized carbons (Fsp3) is 0.533. The first-order chi connectivity index (χ1) is 8.88. The van der Waals surface area contributed by atoms with Gasteiger partial charge in [-0.25, -0.2) is 4.39 Å². The van der Waals surface area contributed by atoms with Crippen LogP contribution in [0.5, 0.6) is 0 Å². The summed E-state index contributed by atoms with van der Waals surface area (Å²) in [6, 6.07) is 4.89. The van der Waals surface area contributed by atoms with E-state index in [9.17, 15) is 9.18 Å². The normalized spacial score (nSPS) is 21.2. The number of benzene rings is 1. The van der Waals surface area contributed by atoms with Crippen molar-refractivity contribution in [2.75, 3.05) is 10.6 Å². The molecule has 1 fully saturated rings. The van der Waals surface area contributed by atoms with E-state index < -0.39 is 0 Å². The van der Waals surface area contributed by atoms with Crippen molar-refractivity contribution in [3.05, 3.63) is 24.0 Å². The van der Waals surface area contributed by atoms with Gasteiger partial charge in [0.15, 0.2) is 0 Å². The highest BCUT2D eigenvalue weighted by Gasteiger charge is 2.34. The first-order valence-corrected chi connectivity index (χ1v) is 6.72. The molecule has 0 bridgehead atoms. The Kier molecular flexibility index (Phi) is 3.78. The van der Waals surface area contributed by atoms with E-state index >= 15 is 0 Å². The zero-order valence-electron chi connectivity index (χ0n) is 11.7. The summed E-state index contributed by atoms with van der Waals surface area (Å²) in [5.41, 5.74) is 1.26. The lowest BCUT2D eigenvalue weighted by Gasteiger charge is -2.29. The Morgan fingerprint density at radius 3 is 2.74 bits per heavy atom. The molecular weight excluding hydrogens is 243 g/mol. The third-order valence-electron chi connectivity index (χ3n) is 3.87. The number of nitrogens with one attached hydrogen (secondary N) is 2. The minimum atomic E-state index is -0.281. The molecule has 1 aliphatic carbocycles. The lowest BCUT2D eigenvalue weighted by Crippen LogP contribution is -2.31. The van der Waals surface area contributed by atoms with E-state index in [4.69, 9.17) is 0 Å². The minimum Gasteiger partial charge on any atom is -0.379 e. The third kappa shape index (κ3) is 3.25. The van der Waals surface area contributed by atoms with Crippen molar-refractivity contribution in [2.24, 2.45) is 5.41 Å². The maximum Gasteiger partial charge on any atom is 0.221 e. The van der Waals surface area contributed by atoms with Crippen molar-refractivity contribution in [3.63, 3.8) is 0 Å². The average Bonchev–Trinajstić information content (AvgIpc) is 2.62. The number of rotatable bonds is 3. The van der Waals surface area contributed by atoms with Crippen LogP contribution in [0.2, 0.25) is 0 Å². The summed E-state index contributed by atoms with van der Waals surface area (Å²) in [6.45, 7) is 5.84. The second-order valence-electron chi connectivity index (χ2n) is 5.95. The number of amides is 1. The highest BCUT2D eigenvalue weighted by Crippen LogP contribution is 2.39. The number of hydrogen-bond acceptors (Lipinski definition) is 2. The van der Waals surface area contributed by atoms with Crippen molar-refractivity contribution in [1.29, 1.82) is 0 Å². The molecule has 1 aromatic rings. The summed E-state index contributed by atoms with van der Waals surface area (Å²) >= 11 is 0. The van der Waals surface area contributed by atoms with Gasteiger partial charge in [0.1, 0.15) is 5.82 Å². The molecule has 1 atom stereocenters. The largest absolute Gasteiger partial charge is 0.379 e. The highest BCUT2D eigenvalue weighted by atomic mass is 19.1. The van der Waals surface area contributed by atoms with E-state index in [1.165, 1.54) is 13.0 Å². The summed E-state index contributed by atoms with van der Waals surface area (Å²) in [5, 5.41) is 5.96. The maximum atomic E-state index is 13.8. The summed E-state index contributed by atoms with van der Waals surface area (Å²) < 4.78 is 13.8. The minimum absolute atomic E-state index is 0.154. The van der Waals surface area contributed by atoms with Gasteiger partial charge < -0.3 is 10.6 Å². The topological polar surface area (TPSA) is 41.1 Å². The van der Waals surface area contributed by atoms with Crippen molar-refractivity contribution < 1.29 is 9.18 Å². The molecule has 4 heteroatoms. The molecule has 0 aromatic heterocycles. The predicted molar refractivity (Wildman–Crippen MR) is 75.7 cm³/mol. The second-order valence-corrected chi connectivity index (χ2v) is 5.95. The zero-order valence-corrected chi connectivity index (χ0v) is 11.7. The van der Waals surface area contributed by atoms with Gasteiger partial charge in [0, 0.05) is 18.7 Å². The van der Waals surface area contributed by atoms with Gasteiger partial charge in [0.25, 0.3) is 0 Å². The predicted octanol–water partition coefficient (Wildman–Crippen LogP) is 3.77. The summed E-state index contributed by atoms with van der Waals surface area (Å²) in [6.07, 6.45) is 3.37. The molecule has 0 aliphatic heterocycles. The van der Waals surface area contributed by atoms with Gasteiger partial charge in [-0.1, -0.05) is 20.3 Å². The van der Waals surface area contributed by atoms with E-state index in [0.29, 0.717) is 11.4 Å². The van der Waals surface area contributed by atoms with Gasteiger partial charge in [-0.05, 0) is 36.5 Å². The maximum absolute atomic E-state index is 13.8. The Bertz CT molecular complexity index is 485. The van der Waals surface area contributed by atoms with Crippen LogP contribution in [0.25, 0.3) is 0 Å². The van der Waals surface area contributed by atoms with Crippen LogP contribution in [0.3, 0.4) is 0 Å². The fourth-order valence-electron chi connectivity index (χ4n) is 2.70. The van der Waals surface area contributed by atoms with Gasteiger partial charge in [0.2, 0.25) is 5.91 Å². The first-order valence-electron chi connectivity index (χ1n) is 6.72. The Morgan fingerprint density at radius 1 is 1.42 bits per heavy atom. The van der Waals surface area contributed by atoms with Crippen molar-refractivity contribution in [3.8, 4) is 0 Å². The molecule has 3 nitrogen and oxygen atoms in total. The third-order valence-corrected chi connectivity index (χ3v) is 3.87. The molecule has 2 N–H and O–H groups in total. The van der Waals surface area contributed by atoms with E-state index in [2.05, 4.69) is 24.5 Å². The molecule has 1 saturated carbocycles. The van der Waals surface area contributed by atoms with Crippen LogP contribution in [0.1, 0.15) is 40.0 Å². The molecule has 1 amide bonds. The summed E-state index contributed by atoms with van der Waals surface area (Å²) in [4.78, 5) is 11.0. The molecule has 2 rings (SSSR count). The highest BCUT2D eigenvalue weighted by molar-refractivity contribution is 5.89. The zero-order chi connectivity index (χ0) is 14.0. The van der Waals surface area contributed by atoms with E-state index in [0.717, 1.165) is 19.3 Å². The van der Waals surface area contributed by atoms with Crippen LogP contribution in [-0.4, -0.2) is 11.9 Å². The quantitative estimate of drug-likeness (QED) is 0.872. The van der Waals surface area contributed by atoms with Gasteiger partial charge in [0.05, 0.1) is 5.69 Å². The molecule has 104 valence electrons. The van der Waals surface area contributed by atoms with Crippen LogP contribution >= 0.6 is 0 Å². The second kappa shape index (κ2) is 5.19. The number of carbonyl (C=O) groups is 1. The molecule has 0 radical (unpaired) electrons. The van der Waals surface area contributed by atoms with Crippen LogP contribution in [0, 0.1) is 11.2 Å². The van der Waals surface area contributed by atoms with Crippen LogP contribution < -0.4 is 10.6 Å². The number of halogens is 1. The number of hydrogen-bond donors (Lipinski definition) is 2. The molecule has 1 aliphatic rings. The fourth-order valence-corrected chi connectivity index (χ4v) is 2.70. The van der Waals surface area contributed by atoms with Crippen molar-refractivity contribution in [1.82, 2.24) is 0 Å². The van der Waals surface area contributed by atoms with Gasteiger partial charge in [-0.2, -0.15) is 0 Å². The van der Waals surface area contributed by atoms with Gasteiger partial charge >= 0.3 is 0 Å². The van der Waals surface area contributed by atoms with E-state index in [1.54, 1.807) is 12.1 Å². The Morgan fingerprint density at radius 2 is 2.16 bits per heavy atom. The molecule has 0 heterocycles. The monoisotopic (exact) mass is 264 g/mol. The molecular formula is C15H21FN2O. The lowest BCUT2D eigenvalue weighted by molar-refractivity contribution is -0.114. The van der Waals surface area contributed by atoms with E-state index in [-0.39, 0.29) is 23.2 Å². The Labute approximate surface area is 113 Å². The van der Waals surface area contributed by atoms with Crippen LogP contribution in [0.15, 0.2) is 18.2 Å². The van der Waals surface area contributed by atoms with Crippen molar-refractivity contribution >= 4 is 17.3 Å². The Balaban J connectivity index is 2.17.